The van der Waals surface area contributed by atoms with Crippen LogP contribution in [0.15, 0.2) is 53.0 Å². The Balaban J connectivity index is 2.44. The molecule has 332 valence electrons. The van der Waals surface area contributed by atoms with Gasteiger partial charge in [-0.25, -0.2) is 0 Å². The van der Waals surface area contributed by atoms with Gasteiger partial charge in [0.2, 0.25) is 0 Å². The van der Waals surface area contributed by atoms with Crippen LogP contribution < -0.4 is 4.89 Å². The summed E-state index contributed by atoms with van der Waals surface area (Å²) in [6.07, 6.45) is 30.4. The molecule has 12 heteroatoms. The summed E-state index contributed by atoms with van der Waals surface area (Å²) in [5.41, 5.74) is 2.56. The number of furan rings is 1. The Kier molecular flexibility index (Phi) is 29.4. The van der Waals surface area contributed by atoms with Gasteiger partial charge in [-0.1, -0.05) is 101 Å². The Labute approximate surface area is 351 Å². The van der Waals surface area contributed by atoms with E-state index in [1.54, 1.807) is 6.08 Å². The number of likely N-dealkylation sites (N-methyl/N-ethyl adjacent to an activating group) is 1. The van der Waals surface area contributed by atoms with Crippen LogP contribution in [0.1, 0.15) is 146 Å². The van der Waals surface area contributed by atoms with E-state index in [-0.39, 0.29) is 26.1 Å². The average molecular weight is 836 g/mol. The zero-order chi connectivity index (χ0) is 43.1. The molecule has 0 aromatic carbocycles. The lowest BCUT2D eigenvalue weighted by atomic mass is 10.0. The number of quaternary nitrogens is 1. The summed E-state index contributed by atoms with van der Waals surface area (Å²) < 4.78 is 39.9. The molecule has 58 heavy (non-hydrogen) atoms. The first-order chi connectivity index (χ1) is 27.7. The zero-order valence-electron chi connectivity index (χ0n) is 37.1. The van der Waals surface area contributed by atoms with Crippen LogP contribution in [0.3, 0.4) is 0 Å². The highest BCUT2D eigenvalue weighted by atomic mass is 31.2. The molecular formula is C46H78NO10P. The summed E-state index contributed by atoms with van der Waals surface area (Å²) in [5, 5.41) is 10.1. The number of rotatable bonds is 35. The second kappa shape index (κ2) is 32.0. The van der Waals surface area contributed by atoms with Crippen LogP contribution >= 0.6 is 7.82 Å². The van der Waals surface area contributed by atoms with Gasteiger partial charge in [0.25, 0.3) is 7.82 Å². The number of nitrogens with zero attached hydrogens (tertiary/aromatic N) is 1. The zero-order valence-corrected chi connectivity index (χ0v) is 37.9. The lowest BCUT2D eigenvalue weighted by molar-refractivity contribution is -0.870. The number of carbonyl (C=O) groups excluding carboxylic acids is 2. The molecule has 0 amide bonds. The van der Waals surface area contributed by atoms with Gasteiger partial charge in [0.05, 0.1) is 33.9 Å². The summed E-state index contributed by atoms with van der Waals surface area (Å²) in [5.74, 6) is 1.24. The van der Waals surface area contributed by atoms with Crippen LogP contribution in [0.5, 0.6) is 0 Å². The molecule has 0 aliphatic rings. The van der Waals surface area contributed by atoms with Crippen molar-refractivity contribution in [3.8, 4) is 0 Å². The number of aliphatic hydroxyl groups is 1. The molecule has 0 radical (unpaired) electrons. The summed E-state index contributed by atoms with van der Waals surface area (Å²) >= 11 is 0. The van der Waals surface area contributed by atoms with Crippen LogP contribution in [0.25, 0.3) is 0 Å². The van der Waals surface area contributed by atoms with Crippen molar-refractivity contribution < 1.29 is 51.6 Å². The second-order valence-corrected chi connectivity index (χ2v) is 17.5. The third-order valence-electron chi connectivity index (χ3n) is 9.61. The topological polar surface area (TPSA) is 145 Å². The number of aliphatic hydroxyl groups excluding tert-OH is 1. The average Bonchev–Trinajstić information content (AvgIpc) is 3.43. The van der Waals surface area contributed by atoms with Crippen molar-refractivity contribution in [3.63, 3.8) is 0 Å². The number of hydrogen-bond donors (Lipinski definition) is 1. The first-order valence-electron chi connectivity index (χ1n) is 21.8. The van der Waals surface area contributed by atoms with Crippen LogP contribution in [0.2, 0.25) is 0 Å². The highest BCUT2D eigenvalue weighted by molar-refractivity contribution is 7.45. The van der Waals surface area contributed by atoms with Crippen molar-refractivity contribution in [2.75, 3.05) is 47.5 Å². The molecule has 0 saturated carbocycles. The van der Waals surface area contributed by atoms with Gasteiger partial charge in [-0.15, -0.1) is 0 Å². The number of aryl methyl sites for hydroxylation is 2. The minimum absolute atomic E-state index is 0.0623. The van der Waals surface area contributed by atoms with Crippen LogP contribution in [0.4, 0.5) is 0 Å². The quantitative estimate of drug-likeness (QED) is 0.0175. The Morgan fingerprint density at radius 3 is 2.12 bits per heavy atom. The lowest BCUT2D eigenvalue weighted by Gasteiger charge is -2.28. The fourth-order valence-corrected chi connectivity index (χ4v) is 6.62. The van der Waals surface area contributed by atoms with Crippen molar-refractivity contribution >= 4 is 19.8 Å². The molecule has 1 heterocycles. The molecule has 0 spiro atoms. The lowest BCUT2D eigenvalue weighted by Crippen LogP contribution is -2.37. The Hall–Kier alpha value is -2.79. The number of esters is 2. The smallest absolute Gasteiger partial charge is 0.306 e. The highest BCUT2D eigenvalue weighted by Gasteiger charge is 2.22. The van der Waals surface area contributed by atoms with Gasteiger partial charge in [-0.2, -0.15) is 0 Å². The minimum atomic E-state index is -4.67. The number of hydrogen-bond acceptors (Lipinski definition) is 10. The predicted octanol–water partition coefficient (Wildman–Crippen LogP) is 9.90. The number of carbonyl (C=O) groups is 2. The number of unbranched alkanes of at least 4 members (excludes halogenated alkanes) is 9. The van der Waals surface area contributed by atoms with Crippen molar-refractivity contribution in [2.24, 2.45) is 0 Å². The molecule has 11 nitrogen and oxygen atoms in total. The van der Waals surface area contributed by atoms with E-state index in [4.69, 9.17) is 22.9 Å². The molecule has 1 rings (SSSR count). The summed E-state index contributed by atoms with van der Waals surface area (Å²) in [6, 6.07) is 0. The third kappa shape index (κ3) is 28.6. The van der Waals surface area contributed by atoms with Crippen LogP contribution in [0, 0.1) is 13.8 Å². The first-order valence-corrected chi connectivity index (χ1v) is 23.3. The van der Waals surface area contributed by atoms with Gasteiger partial charge in [-0.3, -0.25) is 14.2 Å². The van der Waals surface area contributed by atoms with Gasteiger partial charge in [-0.05, 0) is 82.8 Å². The van der Waals surface area contributed by atoms with E-state index < -0.39 is 38.6 Å². The van der Waals surface area contributed by atoms with E-state index in [0.29, 0.717) is 43.1 Å². The number of phosphoric ester groups is 1. The summed E-state index contributed by atoms with van der Waals surface area (Å²) in [4.78, 5) is 37.6. The largest absolute Gasteiger partial charge is 0.756 e. The molecule has 0 saturated heterocycles. The fourth-order valence-electron chi connectivity index (χ4n) is 5.89. The van der Waals surface area contributed by atoms with Crippen molar-refractivity contribution in [1.82, 2.24) is 0 Å². The molecule has 1 aromatic rings. The summed E-state index contributed by atoms with van der Waals surface area (Å²) in [7, 11) is 1.06. The van der Waals surface area contributed by atoms with Crippen LogP contribution in [-0.2, 0) is 45.5 Å². The molecule has 0 fully saturated rings. The molecular weight excluding hydrogens is 757 g/mol. The van der Waals surface area contributed by atoms with E-state index in [1.165, 1.54) is 30.4 Å². The fraction of sp³-hybridized carbons (Fsp3) is 0.696. The van der Waals surface area contributed by atoms with Gasteiger partial charge in [0.1, 0.15) is 31.3 Å². The highest BCUT2D eigenvalue weighted by Crippen LogP contribution is 2.38. The number of allylic oxidation sites excluding steroid dienone is 6. The van der Waals surface area contributed by atoms with Gasteiger partial charge >= 0.3 is 11.9 Å². The molecule has 0 aliphatic heterocycles. The Bertz CT molecular complexity index is 1420. The van der Waals surface area contributed by atoms with E-state index in [0.717, 1.165) is 69.3 Å². The van der Waals surface area contributed by atoms with E-state index >= 15 is 0 Å². The number of phosphoric acid groups is 1. The molecule has 1 N–H and O–H groups in total. The van der Waals surface area contributed by atoms with Crippen LogP contribution in [-0.4, -0.2) is 81.2 Å². The van der Waals surface area contributed by atoms with Gasteiger partial charge in [0, 0.05) is 25.7 Å². The molecule has 1 unspecified atom stereocenters. The summed E-state index contributed by atoms with van der Waals surface area (Å²) in [6.45, 7) is 8.17. The Morgan fingerprint density at radius 1 is 0.759 bits per heavy atom. The number of ether oxygens (including phenoxy) is 2. The van der Waals surface area contributed by atoms with E-state index in [1.807, 2.05) is 57.6 Å². The monoisotopic (exact) mass is 836 g/mol. The molecule has 1 aromatic heterocycles. The maximum absolute atomic E-state index is 12.7. The van der Waals surface area contributed by atoms with Crippen molar-refractivity contribution in [3.05, 3.63) is 71.3 Å². The molecule has 0 bridgehead atoms. The maximum atomic E-state index is 12.7. The Morgan fingerprint density at radius 2 is 1.41 bits per heavy atom. The SMILES string of the molecule is CCCCC/C=C\C[C@H](O)/C=C/C=C\C/C=C\CCCC(=O)O[C@H](COC(=O)CCCCCCCCc1oc(CCC)c(C)c1C)COP(=O)([O-])OCC[N+](C)(C)C. The molecule has 3 atom stereocenters. The minimum Gasteiger partial charge on any atom is -0.756 e. The predicted molar refractivity (Wildman–Crippen MR) is 231 cm³/mol. The first kappa shape index (κ1) is 53.2. The van der Waals surface area contributed by atoms with Crippen molar-refractivity contribution in [1.29, 1.82) is 0 Å². The normalized spacial score (nSPS) is 14.6. The standard InChI is InChI=1S/C46H78NO10P/c1-8-10-11-12-19-24-30-41(48)31-25-20-15-13-14-16-23-28-34-46(50)56-42(38-55-58(51,52)54-36-35-47(5,6)7)37-53-45(49)33-27-22-18-17-21-26-32-44-40(4)39(3)43(57-44)29-9-2/h14-16,19-20,24-25,31,41-42,48H,8-13,17-18,21-23,26-30,32-38H2,1-7H3/b16-14-,20-15-,24-19-,31-25+/t41-,42+/m0/s1. The van der Waals surface area contributed by atoms with E-state index in [9.17, 15) is 24.2 Å². The maximum Gasteiger partial charge on any atom is 0.306 e. The van der Waals surface area contributed by atoms with Gasteiger partial charge in [0.15, 0.2) is 6.10 Å². The second-order valence-electron chi connectivity index (χ2n) is 16.1. The van der Waals surface area contributed by atoms with E-state index in [2.05, 4.69) is 33.8 Å². The molecule has 0 aliphatic carbocycles. The van der Waals surface area contributed by atoms with Crippen molar-refractivity contribution in [2.45, 2.75) is 162 Å². The van der Waals surface area contributed by atoms with Gasteiger partial charge < -0.3 is 37.4 Å². The third-order valence-corrected chi connectivity index (χ3v) is 10.6.